The largest absolute Gasteiger partial charge is 1.00 e. The summed E-state index contributed by atoms with van der Waals surface area (Å²) in [4.78, 5) is 10.5. The lowest BCUT2D eigenvalue weighted by Gasteiger charge is -2.02. The molecule has 0 bridgehead atoms. The van der Waals surface area contributed by atoms with Crippen LogP contribution in [-0.2, 0) is 4.79 Å². The number of hydrogen-bond acceptors (Lipinski definition) is 1. The molecule has 0 saturated heterocycles. The van der Waals surface area contributed by atoms with Crippen LogP contribution < -0.4 is 5.73 Å². The minimum absolute atomic E-state index is 0. The number of carbonyl (C=O) groups excluding carboxylic acids is 1. The van der Waals surface area contributed by atoms with Gasteiger partial charge < -0.3 is 5.73 Å². The molecule has 1 amide bonds. The summed E-state index contributed by atoms with van der Waals surface area (Å²) in [5.74, 6) is -0.155. The summed E-state index contributed by atoms with van der Waals surface area (Å²) < 4.78 is 0. The molecule has 0 saturated carbocycles. The van der Waals surface area contributed by atoms with Crippen molar-refractivity contribution < 1.29 is 7.65 Å². The lowest BCUT2D eigenvalue weighted by molar-refractivity contribution is -0.118. The first-order valence-corrected chi connectivity index (χ1v) is 8.05. The lowest BCUT2D eigenvalue weighted by Crippen LogP contribution is -2.09. The van der Waals surface area contributed by atoms with Crippen LogP contribution in [0.4, 0.5) is 0 Å². The molecule has 0 aromatic rings. The number of carbonyl (C=O) groups is 1. The molecular weight excluding hydrogens is 222 g/mol. The van der Waals surface area contributed by atoms with Crippen molar-refractivity contribution >= 4 is 5.91 Å². The van der Waals surface area contributed by atoms with Gasteiger partial charge in [-0.2, -0.15) is 0 Å². The van der Waals surface area contributed by atoms with Crippen LogP contribution in [-0.4, -0.2) is 5.91 Å². The van der Waals surface area contributed by atoms with E-state index < -0.39 is 0 Å². The average Bonchev–Trinajstić information content (AvgIpc) is 2.34. The summed E-state index contributed by atoms with van der Waals surface area (Å²) in [6.07, 6.45) is 17.9. The Hall–Kier alpha value is -0.530. The Labute approximate surface area is 117 Å². The predicted molar refractivity (Wildman–Crippen MR) is 81.7 cm³/mol. The Morgan fingerprint density at radius 1 is 0.722 bits per heavy atom. The molecule has 2 N–H and O–H groups in total. The van der Waals surface area contributed by atoms with Crippen molar-refractivity contribution in [2.45, 2.75) is 96.8 Å². The highest BCUT2D eigenvalue weighted by atomic mass is 16.1. The number of amides is 1. The maximum atomic E-state index is 10.5. The van der Waals surface area contributed by atoms with E-state index in [9.17, 15) is 4.79 Å². The van der Waals surface area contributed by atoms with Gasteiger partial charge in [0, 0.05) is 6.42 Å². The van der Waals surface area contributed by atoms with Gasteiger partial charge in [0.1, 0.15) is 0 Å². The Balaban J connectivity index is -0.00000144. The van der Waals surface area contributed by atoms with Gasteiger partial charge in [-0.25, -0.2) is 0 Å². The standard InChI is InChI=1S/C16H33NO/c1-2-3-4-5-6-7-8-9-10-11-12-13-14-15-16(17)18/h2-15H2,1H3,(H2,17,18)/p+2. The molecule has 0 rings (SSSR count). The van der Waals surface area contributed by atoms with E-state index in [1.165, 1.54) is 77.0 Å². The van der Waals surface area contributed by atoms with E-state index in [-0.39, 0.29) is 8.76 Å². The average molecular weight is 257 g/mol. The molecule has 18 heavy (non-hydrogen) atoms. The van der Waals surface area contributed by atoms with Gasteiger partial charge in [-0.1, -0.05) is 84.0 Å². The Morgan fingerprint density at radius 3 is 1.39 bits per heavy atom. The zero-order valence-electron chi connectivity index (χ0n) is 14.4. The highest BCUT2D eigenvalue weighted by Gasteiger charge is 1.95. The highest BCUT2D eigenvalue weighted by molar-refractivity contribution is 5.73. The van der Waals surface area contributed by atoms with E-state index in [1.807, 2.05) is 0 Å². The molecule has 0 unspecified atom stereocenters. The number of unbranched alkanes of at least 4 members (excludes halogenated alkanes) is 12. The summed E-state index contributed by atoms with van der Waals surface area (Å²) >= 11 is 0. The first-order chi connectivity index (χ1) is 8.77. The molecule has 0 spiro atoms. The zero-order valence-corrected chi connectivity index (χ0v) is 12.4. The smallest absolute Gasteiger partial charge is 0.370 e. The number of nitrogens with two attached hydrogens (primary N) is 1. The molecule has 0 atom stereocenters. The van der Waals surface area contributed by atoms with E-state index in [4.69, 9.17) is 5.73 Å². The summed E-state index contributed by atoms with van der Waals surface area (Å²) in [7, 11) is 0. The van der Waals surface area contributed by atoms with Gasteiger partial charge in [0.2, 0.25) is 5.91 Å². The molecule has 0 aliphatic carbocycles. The Bertz CT molecular complexity index is 189. The number of primary amides is 1. The third-order valence-corrected chi connectivity index (χ3v) is 3.53. The fraction of sp³-hybridized carbons (Fsp3) is 0.938. The van der Waals surface area contributed by atoms with Crippen LogP contribution in [0.5, 0.6) is 0 Å². The summed E-state index contributed by atoms with van der Waals surface area (Å²) in [5, 5.41) is 0. The van der Waals surface area contributed by atoms with Crippen LogP contribution in [0, 0.1) is 0 Å². The highest BCUT2D eigenvalue weighted by Crippen LogP contribution is 2.12. The van der Waals surface area contributed by atoms with Crippen molar-refractivity contribution in [1.29, 1.82) is 0 Å². The molecule has 0 aromatic carbocycles. The van der Waals surface area contributed by atoms with Crippen molar-refractivity contribution in [1.82, 2.24) is 0 Å². The fourth-order valence-corrected chi connectivity index (χ4v) is 2.32. The molecule has 2 heteroatoms. The second-order valence-corrected chi connectivity index (χ2v) is 5.46. The van der Waals surface area contributed by atoms with Crippen LogP contribution in [0.3, 0.4) is 0 Å². The minimum Gasteiger partial charge on any atom is -0.370 e. The quantitative estimate of drug-likeness (QED) is 0.428. The Morgan fingerprint density at radius 2 is 1.06 bits per heavy atom. The summed E-state index contributed by atoms with van der Waals surface area (Å²) in [6, 6.07) is 0. The van der Waals surface area contributed by atoms with Crippen LogP contribution in [0.25, 0.3) is 0 Å². The monoisotopic (exact) mass is 257 g/mol. The van der Waals surface area contributed by atoms with Crippen molar-refractivity contribution in [3.63, 3.8) is 0 Å². The second-order valence-electron chi connectivity index (χ2n) is 5.46. The number of hydrogen-bond donors (Lipinski definition) is 1. The van der Waals surface area contributed by atoms with Crippen LogP contribution >= 0.6 is 0 Å². The maximum Gasteiger partial charge on any atom is 1.00 e. The molecule has 0 aliphatic heterocycles. The minimum atomic E-state index is -0.155. The van der Waals surface area contributed by atoms with E-state index in [2.05, 4.69) is 6.92 Å². The molecule has 2 nitrogen and oxygen atoms in total. The van der Waals surface area contributed by atoms with Crippen LogP contribution in [0.15, 0.2) is 0 Å². The first kappa shape index (κ1) is 17.5. The molecule has 0 heterocycles. The van der Waals surface area contributed by atoms with Crippen molar-refractivity contribution in [3.8, 4) is 0 Å². The molecular formula is C16H35NO+2. The fourth-order valence-electron chi connectivity index (χ4n) is 2.32. The zero-order chi connectivity index (χ0) is 13.5. The lowest BCUT2D eigenvalue weighted by atomic mass is 10.0. The van der Waals surface area contributed by atoms with E-state index in [0.29, 0.717) is 6.42 Å². The third kappa shape index (κ3) is 15.5. The molecule has 0 aromatic heterocycles. The SMILES string of the molecule is CCCCCCCCCCCCCCCC(N)=O.[H+].[H+]. The van der Waals surface area contributed by atoms with E-state index >= 15 is 0 Å². The van der Waals surface area contributed by atoms with Crippen molar-refractivity contribution in [2.24, 2.45) is 5.73 Å². The third-order valence-electron chi connectivity index (χ3n) is 3.53. The van der Waals surface area contributed by atoms with Crippen molar-refractivity contribution in [2.75, 3.05) is 0 Å². The van der Waals surface area contributed by atoms with Gasteiger partial charge in [-0.05, 0) is 6.42 Å². The van der Waals surface area contributed by atoms with Crippen LogP contribution in [0.2, 0.25) is 0 Å². The van der Waals surface area contributed by atoms with Gasteiger partial charge in [-0.3, -0.25) is 4.79 Å². The van der Waals surface area contributed by atoms with Crippen LogP contribution in [0.1, 0.15) is 99.7 Å². The van der Waals surface area contributed by atoms with Gasteiger partial charge in [-0.15, -0.1) is 0 Å². The van der Waals surface area contributed by atoms with Gasteiger partial charge in [0.15, 0.2) is 0 Å². The van der Waals surface area contributed by atoms with E-state index in [1.54, 1.807) is 0 Å². The van der Waals surface area contributed by atoms with Crippen molar-refractivity contribution in [3.05, 3.63) is 0 Å². The topological polar surface area (TPSA) is 43.1 Å². The van der Waals surface area contributed by atoms with Gasteiger partial charge in [0.05, 0.1) is 0 Å². The molecule has 0 radical (unpaired) electrons. The summed E-state index contributed by atoms with van der Waals surface area (Å²) in [6.45, 7) is 2.27. The molecule has 0 aliphatic rings. The molecule has 0 fully saturated rings. The molecule has 108 valence electrons. The van der Waals surface area contributed by atoms with E-state index in [0.717, 1.165) is 6.42 Å². The Kier molecular flexibility index (Phi) is 14.1. The number of rotatable bonds is 14. The predicted octanol–water partition coefficient (Wildman–Crippen LogP) is 5.18. The normalized spacial score (nSPS) is 10.7. The summed E-state index contributed by atoms with van der Waals surface area (Å²) in [5.41, 5.74) is 5.09. The first-order valence-electron chi connectivity index (χ1n) is 8.05. The van der Waals surface area contributed by atoms with Gasteiger partial charge in [0.25, 0.3) is 0 Å². The second kappa shape index (κ2) is 14.5. The van der Waals surface area contributed by atoms with Gasteiger partial charge >= 0.3 is 2.85 Å². The maximum absolute atomic E-state index is 10.5.